The van der Waals surface area contributed by atoms with Crippen LogP contribution in [-0.2, 0) is 8.85 Å². The van der Waals surface area contributed by atoms with E-state index in [9.17, 15) is 13.2 Å². The summed E-state index contributed by atoms with van der Waals surface area (Å²) in [5.74, 6) is 0. The van der Waals surface area contributed by atoms with Crippen LogP contribution in [0.25, 0.3) is 0 Å². The van der Waals surface area contributed by atoms with E-state index in [-0.39, 0.29) is 12.0 Å². The molecular weight excluding hydrogens is 213 g/mol. The number of halogens is 3. The van der Waals surface area contributed by atoms with E-state index in [2.05, 4.69) is 0 Å². The molecule has 1 unspecified atom stereocenters. The lowest BCUT2D eigenvalue weighted by Crippen LogP contribution is -2.27. The first-order chi connectivity index (χ1) is 6.44. The van der Waals surface area contributed by atoms with Crippen molar-refractivity contribution in [1.82, 2.24) is 0 Å². The minimum absolute atomic E-state index is 0.0633. The van der Waals surface area contributed by atoms with Gasteiger partial charge in [0.05, 0.1) is 0 Å². The van der Waals surface area contributed by atoms with Crippen LogP contribution in [0.15, 0.2) is 0 Å². The van der Waals surface area contributed by atoms with Gasteiger partial charge in [0.25, 0.3) is 0 Å². The Labute approximate surface area is 84.2 Å². The highest BCUT2D eigenvalue weighted by Gasteiger charge is 2.31. The molecule has 0 saturated heterocycles. The van der Waals surface area contributed by atoms with E-state index in [0.29, 0.717) is 6.42 Å². The quantitative estimate of drug-likeness (QED) is 0.653. The molecule has 0 saturated carbocycles. The van der Waals surface area contributed by atoms with Crippen molar-refractivity contribution in [1.29, 1.82) is 0 Å². The normalized spacial score (nSPS) is 14.8. The van der Waals surface area contributed by atoms with Crippen LogP contribution < -0.4 is 0 Å². The molecule has 0 aromatic heterocycles. The second-order valence-corrected chi connectivity index (χ2v) is 5.78. The molecule has 0 aliphatic carbocycles. The van der Waals surface area contributed by atoms with Gasteiger partial charge in [0.15, 0.2) is 0 Å². The molecule has 6 heteroatoms. The molecule has 0 heterocycles. The standard InChI is InChI=1S/C8H17F3O2Si/c1-4-7(14(12-2)13-3)5-6-8(9,10)11/h7,14H,4-6H2,1-3H3. The Bertz CT molecular complexity index is 148. The fourth-order valence-corrected chi connectivity index (χ4v) is 3.15. The lowest BCUT2D eigenvalue weighted by molar-refractivity contribution is -0.135. The zero-order chi connectivity index (χ0) is 11.2. The van der Waals surface area contributed by atoms with Gasteiger partial charge in [0.1, 0.15) is 0 Å². The molecular formula is C8H17F3O2Si. The predicted octanol–water partition coefficient (Wildman–Crippen LogP) is 2.62. The molecule has 0 fully saturated rings. The van der Waals surface area contributed by atoms with Crippen LogP contribution in [0.3, 0.4) is 0 Å². The van der Waals surface area contributed by atoms with Gasteiger partial charge in [-0.05, 0) is 12.0 Å². The first-order valence-electron chi connectivity index (χ1n) is 4.57. The van der Waals surface area contributed by atoms with Gasteiger partial charge in [0, 0.05) is 20.6 Å². The van der Waals surface area contributed by atoms with Crippen LogP contribution in [-0.4, -0.2) is 29.7 Å². The van der Waals surface area contributed by atoms with Crippen LogP contribution in [0, 0.1) is 0 Å². The Hall–Kier alpha value is -0.0731. The van der Waals surface area contributed by atoms with E-state index in [1.54, 1.807) is 0 Å². The lowest BCUT2D eigenvalue weighted by atomic mass is 10.2. The van der Waals surface area contributed by atoms with Gasteiger partial charge in [-0.15, -0.1) is 0 Å². The number of hydrogen-bond donors (Lipinski definition) is 0. The third-order valence-corrected chi connectivity index (χ3v) is 4.68. The molecule has 0 rings (SSSR count). The van der Waals surface area contributed by atoms with Crippen LogP contribution in [0.4, 0.5) is 13.2 Å². The molecule has 14 heavy (non-hydrogen) atoms. The Morgan fingerprint density at radius 2 is 1.71 bits per heavy atom. The summed E-state index contributed by atoms with van der Waals surface area (Å²) in [5.41, 5.74) is -0.0633. The van der Waals surface area contributed by atoms with Gasteiger partial charge >= 0.3 is 15.5 Å². The van der Waals surface area contributed by atoms with Gasteiger partial charge in [-0.3, -0.25) is 0 Å². The van der Waals surface area contributed by atoms with Crippen molar-refractivity contribution in [2.45, 2.75) is 37.9 Å². The van der Waals surface area contributed by atoms with Crippen LogP contribution >= 0.6 is 0 Å². The van der Waals surface area contributed by atoms with E-state index in [0.717, 1.165) is 0 Å². The maximum absolute atomic E-state index is 12.0. The molecule has 86 valence electrons. The molecule has 0 aromatic rings. The molecule has 0 amide bonds. The van der Waals surface area contributed by atoms with E-state index >= 15 is 0 Å². The van der Waals surface area contributed by atoms with Gasteiger partial charge < -0.3 is 8.85 Å². The Balaban J connectivity index is 4.01. The molecule has 0 spiro atoms. The summed E-state index contributed by atoms with van der Waals surface area (Å²) in [4.78, 5) is 0. The zero-order valence-corrected chi connectivity index (χ0v) is 9.88. The first kappa shape index (κ1) is 13.9. The van der Waals surface area contributed by atoms with Crippen molar-refractivity contribution in [2.75, 3.05) is 14.2 Å². The minimum Gasteiger partial charge on any atom is -0.400 e. The summed E-state index contributed by atoms with van der Waals surface area (Å²) in [6.45, 7) is 1.86. The van der Waals surface area contributed by atoms with Crippen molar-refractivity contribution >= 4 is 9.28 Å². The highest BCUT2D eigenvalue weighted by atomic mass is 28.3. The largest absolute Gasteiger partial charge is 0.400 e. The monoisotopic (exact) mass is 230 g/mol. The average Bonchev–Trinajstić information content (AvgIpc) is 2.10. The molecule has 0 radical (unpaired) electrons. The SMILES string of the molecule is CCC(CCC(F)(F)F)[SiH](OC)OC. The Morgan fingerprint density at radius 1 is 1.21 bits per heavy atom. The number of hydrogen-bond acceptors (Lipinski definition) is 2. The highest BCUT2D eigenvalue weighted by Crippen LogP contribution is 2.29. The van der Waals surface area contributed by atoms with E-state index in [1.807, 2.05) is 6.92 Å². The van der Waals surface area contributed by atoms with Crippen molar-refractivity contribution in [3.63, 3.8) is 0 Å². The molecule has 0 aliphatic heterocycles. The maximum Gasteiger partial charge on any atom is 0.389 e. The summed E-state index contributed by atoms with van der Waals surface area (Å²) in [5, 5.41) is 0. The predicted molar refractivity (Wildman–Crippen MR) is 50.5 cm³/mol. The molecule has 0 bridgehead atoms. The summed E-state index contributed by atoms with van der Waals surface area (Å²) < 4.78 is 46.0. The van der Waals surface area contributed by atoms with Crippen molar-refractivity contribution in [3.05, 3.63) is 0 Å². The lowest BCUT2D eigenvalue weighted by Gasteiger charge is -2.21. The zero-order valence-electron chi connectivity index (χ0n) is 8.73. The van der Waals surface area contributed by atoms with Crippen molar-refractivity contribution in [3.8, 4) is 0 Å². The molecule has 0 aromatic carbocycles. The third-order valence-electron chi connectivity index (χ3n) is 2.17. The van der Waals surface area contributed by atoms with Crippen molar-refractivity contribution < 1.29 is 22.0 Å². The third kappa shape index (κ3) is 5.61. The molecule has 0 N–H and O–H groups in total. The highest BCUT2D eigenvalue weighted by molar-refractivity contribution is 6.46. The fraction of sp³-hybridized carbons (Fsp3) is 1.00. The smallest absolute Gasteiger partial charge is 0.389 e. The first-order valence-corrected chi connectivity index (χ1v) is 6.17. The minimum atomic E-state index is -4.08. The molecule has 2 nitrogen and oxygen atoms in total. The summed E-state index contributed by atoms with van der Waals surface area (Å²) in [6.07, 6.45) is -4.04. The van der Waals surface area contributed by atoms with Gasteiger partial charge in [0.2, 0.25) is 0 Å². The van der Waals surface area contributed by atoms with Gasteiger partial charge in [-0.2, -0.15) is 13.2 Å². The summed E-state index contributed by atoms with van der Waals surface area (Å²) in [6, 6.07) is 0. The van der Waals surface area contributed by atoms with Gasteiger partial charge in [-0.1, -0.05) is 13.3 Å². The topological polar surface area (TPSA) is 18.5 Å². The average molecular weight is 230 g/mol. The second-order valence-electron chi connectivity index (χ2n) is 3.16. The fourth-order valence-electron chi connectivity index (χ4n) is 1.36. The van der Waals surface area contributed by atoms with E-state index < -0.39 is 21.9 Å². The van der Waals surface area contributed by atoms with Crippen LogP contribution in [0.5, 0.6) is 0 Å². The molecule has 0 aliphatic rings. The molecule has 1 atom stereocenters. The second kappa shape index (κ2) is 6.42. The number of alkyl halides is 3. The summed E-state index contributed by atoms with van der Waals surface area (Å²) in [7, 11) is 1.10. The Kier molecular flexibility index (Phi) is 6.38. The maximum atomic E-state index is 12.0. The van der Waals surface area contributed by atoms with Crippen molar-refractivity contribution in [2.24, 2.45) is 0 Å². The van der Waals surface area contributed by atoms with Crippen LogP contribution in [0.1, 0.15) is 26.2 Å². The van der Waals surface area contributed by atoms with Gasteiger partial charge in [-0.25, -0.2) is 0 Å². The summed E-state index contributed by atoms with van der Waals surface area (Å²) >= 11 is 0. The van der Waals surface area contributed by atoms with E-state index in [4.69, 9.17) is 8.85 Å². The van der Waals surface area contributed by atoms with Crippen LogP contribution in [0.2, 0.25) is 5.54 Å². The number of rotatable bonds is 6. The van der Waals surface area contributed by atoms with E-state index in [1.165, 1.54) is 14.2 Å². The Morgan fingerprint density at radius 3 is 2.00 bits per heavy atom.